The summed E-state index contributed by atoms with van der Waals surface area (Å²) in [6.45, 7) is 7.56. The summed E-state index contributed by atoms with van der Waals surface area (Å²) in [5.74, 6) is 0.614. The van der Waals surface area contributed by atoms with Crippen LogP contribution in [0.2, 0.25) is 0 Å². The summed E-state index contributed by atoms with van der Waals surface area (Å²) in [5.41, 5.74) is 0.990. The molecule has 1 aliphatic rings. The predicted molar refractivity (Wildman–Crippen MR) is 90.9 cm³/mol. The predicted octanol–water partition coefficient (Wildman–Crippen LogP) is 4.04. The van der Waals surface area contributed by atoms with Gasteiger partial charge in [0.05, 0.1) is 25.4 Å². The quantitative estimate of drug-likeness (QED) is 0.670. The maximum atomic E-state index is 12.2. The summed E-state index contributed by atoms with van der Waals surface area (Å²) in [5, 5.41) is 0.589. The van der Waals surface area contributed by atoms with Crippen LogP contribution in [0, 0.1) is 13.7 Å². The summed E-state index contributed by atoms with van der Waals surface area (Å²) in [6.07, 6.45) is 0.135. The van der Waals surface area contributed by atoms with Crippen molar-refractivity contribution in [1.29, 1.82) is 0 Å². The molecule has 127 valence electrons. The maximum Gasteiger partial charge on any atom is 0.413 e. The molecule has 1 aliphatic heterocycles. The Hall–Kier alpha value is -1.62. The van der Waals surface area contributed by atoms with Gasteiger partial charge in [-0.2, -0.15) is 7.11 Å². The molecule has 1 atom stereocenters. The number of methoxy groups -OCH3 is 1. The van der Waals surface area contributed by atoms with Crippen LogP contribution in [0.1, 0.15) is 4.88 Å². The van der Waals surface area contributed by atoms with Gasteiger partial charge in [0.2, 0.25) is 5.69 Å². The Morgan fingerprint density at radius 2 is 2.24 bits per heavy atom. The molecular weight excluding hydrogens is 417 g/mol. The second-order valence-corrected chi connectivity index (χ2v) is 6.22. The molecule has 0 saturated carbocycles. The number of benzene rings is 1. The number of nitrogens with zero attached hydrogens (tertiary/aromatic N) is 2. The zero-order valence-electron chi connectivity index (χ0n) is 13.6. The molecule has 1 aromatic carbocycles. The second kappa shape index (κ2) is 8.66. The van der Waals surface area contributed by atoms with Gasteiger partial charge >= 0.3 is 6.09 Å². The van der Waals surface area contributed by atoms with E-state index in [9.17, 15) is 4.79 Å². The first kappa shape index (κ1) is 19.7. The summed E-state index contributed by atoms with van der Waals surface area (Å²) in [4.78, 5) is 18.2. The molecule has 1 amide bonds. The fourth-order valence-electron chi connectivity index (χ4n) is 2.65. The van der Waals surface area contributed by atoms with Gasteiger partial charge in [0.1, 0.15) is 6.61 Å². The van der Waals surface area contributed by atoms with Crippen molar-refractivity contribution in [1.82, 2.24) is 0 Å². The van der Waals surface area contributed by atoms with Gasteiger partial charge in [0, 0.05) is 44.0 Å². The van der Waals surface area contributed by atoms with Crippen LogP contribution in [0.4, 0.5) is 16.2 Å². The van der Waals surface area contributed by atoms with Crippen LogP contribution in [0.3, 0.4) is 0 Å². The Kier molecular flexibility index (Phi) is 6.82. The number of cyclic esters (lactones) is 1. The van der Waals surface area contributed by atoms with Crippen molar-refractivity contribution in [2.45, 2.75) is 12.5 Å². The van der Waals surface area contributed by atoms with Gasteiger partial charge < -0.3 is 14.2 Å². The summed E-state index contributed by atoms with van der Waals surface area (Å²) in [6, 6.07) is 8.69. The van der Waals surface area contributed by atoms with Crippen molar-refractivity contribution < 1.29 is 51.7 Å². The number of thiophene rings is 1. The van der Waals surface area contributed by atoms with E-state index in [1.165, 1.54) is 11.3 Å². The van der Waals surface area contributed by atoms with Gasteiger partial charge in [-0.15, -0.1) is 11.3 Å². The fraction of sp³-hybridized carbons (Fsp3) is 0.235. The zero-order valence-corrected chi connectivity index (χ0v) is 17.3. The van der Waals surface area contributed by atoms with E-state index in [1.807, 2.05) is 6.07 Å². The number of hydrogen-bond acceptors (Lipinski definition) is 5. The SMILES string of the molecule is [C-]#[N+]c1ccccc1N1C(=O)OC[C@@H]1Cc1cc(OC)c(O[CH2-])s1.[Y]. The smallest absolute Gasteiger partial charge is 0.413 e. The van der Waals surface area contributed by atoms with Crippen molar-refractivity contribution in [3.8, 4) is 10.8 Å². The van der Waals surface area contributed by atoms with Gasteiger partial charge in [-0.1, -0.05) is 18.2 Å². The molecule has 6 nitrogen and oxygen atoms in total. The van der Waals surface area contributed by atoms with Crippen LogP contribution in [-0.4, -0.2) is 25.9 Å². The first-order chi connectivity index (χ1) is 11.7. The maximum absolute atomic E-state index is 12.2. The molecule has 1 fully saturated rings. The number of ether oxygens (including phenoxy) is 3. The summed E-state index contributed by atoms with van der Waals surface area (Å²) >= 11 is 1.42. The van der Waals surface area contributed by atoms with Crippen molar-refractivity contribution in [2.24, 2.45) is 0 Å². The second-order valence-electron chi connectivity index (χ2n) is 5.12. The van der Waals surface area contributed by atoms with E-state index in [0.717, 1.165) is 4.88 Å². The van der Waals surface area contributed by atoms with E-state index in [1.54, 1.807) is 36.3 Å². The van der Waals surface area contributed by atoms with E-state index in [4.69, 9.17) is 20.8 Å². The van der Waals surface area contributed by atoms with Crippen LogP contribution in [0.25, 0.3) is 4.85 Å². The van der Waals surface area contributed by atoms with E-state index in [-0.39, 0.29) is 45.4 Å². The molecule has 0 aliphatic carbocycles. The van der Waals surface area contributed by atoms with Crippen LogP contribution >= 0.6 is 11.3 Å². The van der Waals surface area contributed by atoms with Gasteiger partial charge in [-0.25, -0.2) is 9.64 Å². The Bertz CT molecular complexity index is 781. The van der Waals surface area contributed by atoms with E-state index in [2.05, 4.69) is 12.0 Å². The molecule has 1 radical (unpaired) electrons. The van der Waals surface area contributed by atoms with Crippen LogP contribution in [0.5, 0.6) is 10.8 Å². The molecule has 0 spiro atoms. The minimum Gasteiger partial charge on any atom is -0.656 e. The van der Waals surface area contributed by atoms with Gasteiger partial charge in [-0.3, -0.25) is 4.90 Å². The standard InChI is InChI=1S/C17H15N2O4S.Y/c1-18-13-6-4-5-7-14(13)19-11(10-23-17(19)20)8-12-9-15(21-2)16(22-3)24-12;/h4-7,9,11H,3,8,10H2,2H3;/q-1;/t11-;/m0./s1. The monoisotopic (exact) mass is 432 g/mol. The molecular formula is C17H15N2O4SY-. The zero-order chi connectivity index (χ0) is 17.1. The number of carbonyl (C=O) groups excluding carboxylic acids is 1. The molecule has 8 heteroatoms. The summed E-state index contributed by atoms with van der Waals surface area (Å²) < 4.78 is 15.5. The van der Waals surface area contributed by atoms with Crippen molar-refractivity contribution >= 4 is 28.8 Å². The van der Waals surface area contributed by atoms with Crippen molar-refractivity contribution in [2.75, 3.05) is 18.6 Å². The van der Waals surface area contributed by atoms with Gasteiger partial charge in [-0.05, 0) is 12.1 Å². The van der Waals surface area contributed by atoms with Crippen LogP contribution < -0.4 is 14.4 Å². The molecule has 3 rings (SSSR count). The number of anilines is 1. The molecule has 1 saturated heterocycles. The van der Waals surface area contributed by atoms with Crippen LogP contribution in [-0.2, 0) is 43.9 Å². The minimum atomic E-state index is -0.437. The van der Waals surface area contributed by atoms with Gasteiger partial charge in [0.15, 0.2) is 10.8 Å². The topological polar surface area (TPSA) is 52.4 Å². The third-order valence-corrected chi connectivity index (χ3v) is 4.78. The number of rotatable bonds is 5. The minimum absolute atomic E-state index is 0. The van der Waals surface area contributed by atoms with Crippen molar-refractivity contribution in [3.63, 3.8) is 0 Å². The first-order valence-electron chi connectivity index (χ1n) is 7.19. The Morgan fingerprint density at radius 3 is 2.88 bits per heavy atom. The van der Waals surface area contributed by atoms with Gasteiger partial charge in [0.25, 0.3) is 0 Å². The van der Waals surface area contributed by atoms with E-state index < -0.39 is 6.09 Å². The van der Waals surface area contributed by atoms with E-state index in [0.29, 0.717) is 28.6 Å². The normalized spacial score (nSPS) is 16.0. The number of amides is 1. The fourth-order valence-corrected chi connectivity index (χ4v) is 3.63. The average Bonchev–Trinajstić information content (AvgIpc) is 3.18. The largest absolute Gasteiger partial charge is 0.656 e. The Balaban J connectivity index is 0.00000225. The number of carbonyl (C=O) groups is 1. The Morgan fingerprint density at radius 1 is 1.48 bits per heavy atom. The summed E-state index contributed by atoms with van der Waals surface area (Å²) in [7, 11) is 4.98. The third kappa shape index (κ3) is 3.97. The van der Waals surface area contributed by atoms with Crippen molar-refractivity contribution in [3.05, 3.63) is 53.7 Å². The molecule has 0 unspecified atom stereocenters. The molecule has 1 aromatic heterocycles. The first-order valence-corrected chi connectivity index (χ1v) is 8.00. The number of para-hydroxylation sites is 2. The van der Waals surface area contributed by atoms with E-state index >= 15 is 0 Å². The van der Waals surface area contributed by atoms with Crippen LogP contribution in [0.15, 0.2) is 30.3 Å². The molecule has 2 heterocycles. The molecule has 0 N–H and O–H groups in total. The molecule has 2 aromatic rings. The third-order valence-electron chi connectivity index (χ3n) is 3.73. The molecule has 0 bridgehead atoms. The molecule has 25 heavy (non-hydrogen) atoms. The number of hydrogen-bond donors (Lipinski definition) is 0. The Labute approximate surface area is 175 Å². The average molecular weight is 432 g/mol.